The molecule has 7 heteroatoms. The summed E-state index contributed by atoms with van der Waals surface area (Å²) in [5, 5.41) is 10.2. The molecule has 1 amide bonds. The number of hydrogen-bond acceptors (Lipinski definition) is 4. The fraction of sp³-hybridized carbons (Fsp3) is 0.500. The Balaban J connectivity index is 1.59. The number of carbonyl (C=O) groups excluding carboxylic acids is 1. The molecule has 1 heterocycles. The highest BCUT2D eigenvalue weighted by atomic mass is 32.2. The minimum absolute atomic E-state index is 0.0239. The Morgan fingerprint density at radius 2 is 2.28 bits per heavy atom. The molecule has 0 unspecified atom stereocenters. The van der Waals surface area contributed by atoms with Gasteiger partial charge in [0.2, 0.25) is 5.91 Å². The number of aromatic nitrogens is 3. The van der Waals surface area contributed by atoms with Gasteiger partial charge < -0.3 is 5.32 Å². The number of H-pyrrole nitrogens is 1. The predicted octanol–water partition coefficient (Wildman–Crippen LogP) is 2.66. The summed E-state index contributed by atoms with van der Waals surface area (Å²) in [5.74, 6) is 0.235. The second-order valence-corrected chi connectivity index (χ2v) is 7.26. The van der Waals surface area contributed by atoms with Crippen LogP contribution in [0.3, 0.4) is 0 Å². The maximum atomic E-state index is 12.4. The number of rotatable bonds is 7. The highest BCUT2D eigenvalue weighted by Gasteiger charge is 2.21. The Hall–Kier alpha value is -2.02. The van der Waals surface area contributed by atoms with Crippen LogP contribution in [0.1, 0.15) is 49.8 Å². The van der Waals surface area contributed by atoms with Crippen molar-refractivity contribution in [1.82, 2.24) is 20.1 Å². The molecule has 3 rings (SSSR count). The van der Waals surface area contributed by atoms with E-state index in [1.165, 1.54) is 22.9 Å². The third-order valence-corrected chi connectivity index (χ3v) is 5.47. The van der Waals surface area contributed by atoms with Gasteiger partial charge >= 0.3 is 5.69 Å². The van der Waals surface area contributed by atoms with Gasteiger partial charge in [0, 0.05) is 6.54 Å². The van der Waals surface area contributed by atoms with Crippen LogP contribution in [0.25, 0.3) is 0 Å². The zero-order valence-electron chi connectivity index (χ0n) is 14.5. The van der Waals surface area contributed by atoms with Gasteiger partial charge in [-0.15, -0.1) is 5.10 Å². The van der Waals surface area contributed by atoms with E-state index in [4.69, 9.17) is 0 Å². The van der Waals surface area contributed by atoms with Gasteiger partial charge in [-0.2, -0.15) is 0 Å². The van der Waals surface area contributed by atoms with Gasteiger partial charge in [-0.3, -0.25) is 9.36 Å². The van der Waals surface area contributed by atoms with E-state index in [1.807, 2.05) is 12.1 Å². The van der Waals surface area contributed by atoms with Crippen molar-refractivity contribution in [3.63, 3.8) is 0 Å². The normalized spacial score (nSPS) is 16.4. The van der Waals surface area contributed by atoms with Gasteiger partial charge in [-0.05, 0) is 36.8 Å². The number of nitrogens with zero attached hydrogens (tertiary/aromatic N) is 2. The number of aromatic amines is 1. The van der Waals surface area contributed by atoms with E-state index in [1.54, 1.807) is 4.57 Å². The summed E-state index contributed by atoms with van der Waals surface area (Å²) >= 11 is 1.30. The quantitative estimate of drug-likeness (QED) is 0.744. The van der Waals surface area contributed by atoms with Crippen molar-refractivity contribution in [3.8, 4) is 0 Å². The number of fused-ring (bicyclic) bond motifs is 1. The molecule has 2 aromatic rings. The number of nitrogens with one attached hydrogen (secondary N) is 2. The summed E-state index contributed by atoms with van der Waals surface area (Å²) in [6.07, 6.45) is 5.05. The number of benzene rings is 1. The van der Waals surface area contributed by atoms with Crippen LogP contribution in [0.5, 0.6) is 0 Å². The molecule has 2 N–H and O–H groups in total. The molecule has 0 saturated carbocycles. The third-order valence-electron chi connectivity index (χ3n) is 4.50. The first-order valence-electron chi connectivity index (χ1n) is 8.84. The molecule has 0 spiro atoms. The average Bonchev–Trinajstić information content (AvgIpc) is 2.98. The largest absolute Gasteiger partial charge is 0.349 e. The highest BCUT2D eigenvalue weighted by molar-refractivity contribution is 7.99. The van der Waals surface area contributed by atoms with Crippen molar-refractivity contribution >= 4 is 17.7 Å². The minimum Gasteiger partial charge on any atom is -0.349 e. The standard InChI is InChI=1S/C18H24N4O2S/c1-2-3-11-22-17(24)20-21-18(22)25-12-16(23)19-15-10-6-8-13-7-4-5-9-14(13)15/h4-5,7,9,15H,2-3,6,8,10-12H2,1H3,(H,19,23)(H,20,24)/t15-/m1/s1. The Morgan fingerprint density at radius 1 is 1.44 bits per heavy atom. The number of hydrogen-bond donors (Lipinski definition) is 2. The van der Waals surface area contributed by atoms with E-state index in [0.29, 0.717) is 11.7 Å². The van der Waals surface area contributed by atoms with Crippen LogP contribution in [-0.2, 0) is 17.8 Å². The van der Waals surface area contributed by atoms with Gasteiger partial charge in [0.1, 0.15) is 0 Å². The fourth-order valence-electron chi connectivity index (χ4n) is 3.20. The predicted molar refractivity (Wildman–Crippen MR) is 98.7 cm³/mol. The SMILES string of the molecule is CCCCn1c(SCC(=O)N[C@@H]2CCCc3ccccc32)n[nH]c1=O. The van der Waals surface area contributed by atoms with E-state index < -0.39 is 0 Å². The highest BCUT2D eigenvalue weighted by Crippen LogP contribution is 2.29. The number of amides is 1. The van der Waals surface area contributed by atoms with Crippen molar-refractivity contribution in [2.45, 2.75) is 56.8 Å². The van der Waals surface area contributed by atoms with E-state index in [-0.39, 0.29) is 23.4 Å². The molecule has 0 saturated heterocycles. The molecule has 1 aromatic heterocycles. The van der Waals surface area contributed by atoms with Crippen molar-refractivity contribution in [2.24, 2.45) is 0 Å². The summed E-state index contributed by atoms with van der Waals surface area (Å²) in [6, 6.07) is 8.39. The number of aryl methyl sites for hydroxylation is 1. The first kappa shape index (κ1) is 17.8. The Labute approximate surface area is 151 Å². The van der Waals surface area contributed by atoms with Crippen LogP contribution in [0.2, 0.25) is 0 Å². The van der Waals surface area contributed by atoms with Crippen LogP contribution in [0.4, 0.5) is 0 Å². The van der Waals surface area contributed by atoms with Crippen molar-refractivity contribution < 1.29 is 4.79 Å². The van der Waals surface area contributed by atoms with E-state index in [0.717, 1.165) is 32.1 Å². The van der Waals surface area contributed by atoms with Gasteiger partial charge in [0.25, 0.3) is 0 Å². The fourth-order valence-corrected chi connectivity index (χ4v) is 3.98. The topological polar surface area (TPSA) is 79.8 Å². The molecule has 134 valence electrons. The molecule has 0 aliphatic heterocycles. The van der Waals surface area contributed by atoms with Crippen LogP contribution < -0.4 is 11.0 Å². The number of unbranched alkanes of at least 4 members (excludes halogenated alkanes) is 1. The zero-order valence-corrected chi connectivity index (χ0v) is 15.3. The van der Waals surface area contributed by atoms with E-state index in [2.05, 4.69) is 34.6 Å². The van der Waals surface area contributed by atoms with Crippen molar-refractivity contribution in [1.29, 1.82) is 0 Å². The molecule has 1 aliphatic rings. The van der Waals surface area contributed by atoms with Crippen LogP contribution >= 0.6 is 11.8 Å². The second-order valence-electron chi connectivity index (χ2n) is 6.32. The lowest BCUT2D eigenvalue weighted by atomic mass is 9.88. The van der Waals surface area contributed by atoms with Crippen LogP contribution in [0, 0.1) is 0 Å². The maximum absolute atomic E-state index is 12.4. The molecule has 0 bridgehead atoms. The van der Waals surface area contributed by atoms with Gasteiger partial charge in [-0.25, -0.2) is 9.89 Å². The lowest BCUT2D eigenvalue weighted by Crippen LogP contribution is -2.32. The Kier molecular flexibility index (Phi) is 5.96. The summed E-state index contributed by atoms with van der Waals surface area (Å²) < 4.78 is 1.61. The van der Waals surface area contributed by atoms with Crippen molar-refractivity contribution in [3.05, 3.63) is 45.9 Å². The summed E-state index contributed by atoms with van der Waals surface area (Å²) in [6.45, 7) is 2.71. The monoisotopic (exact) mass is 360 g/mol. The van der Waals surface area contributed by atoms with E-state index in [9.17, 15) is 9.59 Å². The van der Waals surface area contributed by atoms with Crippen molar-refractivity contribution in [2.75, 3.05) is 5.75 Å². The van der Waals surface area contributed by atoms with Gasteiger partial charge in [0.05, 0.1) is 11.8 Å². The Morgan fingerprint density at radius 3 is 3.12 bits per heavy atom. The molecular formula is C18H24N4O2S. The first-order valence-corrected chi connectivity index (χ1v) is 9.82. The molecule has 1 aromatic carbocycles. The molecule has 6 nitrogen and oxygen atoms in total. The van der Waals surface area contributed by atoms with E-state index >= 15 is 0 Å². The minimum atomic E-state index is -0.211. The smallest absolute Gasteiger partial charge is 0.343 e. The molecule has 0 fully saturated rings. The summed E-state index contributed by atoms with van der Waals surface area (Å²) in [5.41, 5.74) is 2.34. The number of carbonyl (C=O) groups is 1. The molecule has 0 radical (unpaired) electrons. The molecule has 1 aliphatic carbocycles. The molecule has 1 atom stereocenters. The lowest BCUT2D eigenvalue weighted by Gasteiger charge is -2.26. The maximum Gasteiger partial charge on any atom is 0.343 e. The van der Waals surface area contributed by atoms with Crippen LogP contribution in [-0.4, -0.2) is 26.4 Å². The van der Waals surface area contributed by atoms with Gasteiger partial charge in [0.15, 0.2) is 5.16 Å². The second kappa shape index (κ2) is 8.38. The van der Waals surface area contributed by atoms with Crippen LogP contribution in [0.15, 0.2) is 34.2 Å². The summed E-state index contributed by atoms with van der Waals surface area (Å²) in [4.78, 5) is 24.1. The average molecular weight is 360 g/mol. The first-order chi connectivity index (χ1) is 12.2. The lowest BCUT2D eigenvalue weighted by molar-refractivity contribution is -0.119. The number of thioether (sulfide) groups is 1. The third kappa shape index (κ3) is 4.34. The molecule has 25 heavy (non-hydrogen) atoms. The Bertz CT molecular complexity index is 783. The molecular weight excluding hydrogens is 336 g/mol. The van der Waals surface area contributed by atoms with Gasteiger partial charge in [-0.1, -0.05) is 49.4 Å². The summed E-state index contributed by atoms with van der Waals surface area (Å²) in [7, 11) is 0. The zero-order chi connectivity index (χ0) is 17.6.